The molecule has 0 unspecified atom stereocenters. The van der Waals surface area contributed by atoms with Crippen molar-refractivity contribution in [2.24, 2.45) is 11.8 Å². The zero-order valence-corrected chi connectivity index (χ0v) is 18.6. The first-order valence-corrected chi connectivity index (χ1v) is 11.5. The summed E-state index contributed by atoms with van der Waals surface area (Å²) in [7, 11) is 0. The van der Waals surface area contributed by atoms with Crippen LogP contribution in [0.1, 0.15) is 67.6 Å². The van der Waals surface area contributed by atoms with E-state index in [1.807, 2.05) is 19.1 Å². The van der Waals surface area contributed by atoms with Gasteiger partial charge in [0.2, 0.25) is 5.75 Å². The van der Waals surface area contributed by atoms with Crippen LogP contribution in [0.2, 0.25) is 0 Å². The molecule has 2 aliphatic carbocycles. The molecule has 0 amide bonds. The van der Waals surface area contributed by atoms with Crippen LogP contribution < -0.4 is 4.74 Å². The van der Waals surface area contributed by atoms with Crippen LogP contribution in [0.5, 0.6) is 5.75 Å². The number of unbranched alkanes of at least 4 members (excludes halogenated alkanes) is 1. The van der Waals surface area contributed by atoms with Crippen molar-refractivity contribution in [1.29, 1.82) is 0 Å². The van der Waals surface area contributed by atoms with Crippen LogP contribution in [0.15, 0.2) is 36.4 Å². The summed E-state index contributed by atoms with van der Waals surface area (Å²) < 4.78 is 99.0. The highest BCUT2D eigenvalue weighted by Crippen LogP contribution is 2.55. The van der Waals surface area contributed by atoms with Gasteiger partial charge in [0, 0.05) is 6.07 Å². The fraction of sp³-hybridized carbons (Fsp3) is 0.462. The second-order valence-corrected chi connectivity index (χ2v) is 9.11. The molecule has 1 nitrogen and oxygen atoms in total. The lowest BCUT2D eigenvalue weighted by Crippen LogP contribution is -2.35. The van der Waals surface area contributed by atoms with Gasteiger partial charge in [-0.2, -0.15) is 0 Å². The molecule has 0 spiro atoms. The number of alkyl halides is 3. The number of rotatable bonds is 5. The van der Waals surface area contributed by atoms with E-state index in [0.29, 0.717) is 36.8 Å². The smallest absolute Gasteiger partial charge is 0.399 e. The molecule has 8 heteroatoms. The first-order chi connectivity index (χ1) is 16.1. The van der Waals surface area contributed by atoms with Gasteiger partial charge < -0.3 is 4.74 Å². The van der Waals surface area contributed by atoms with Gasteiger partial charge in [-0.15, -0.1) is 13.2 Å². The van der Waals surface area contributed by atoms with E-state index < -0.39 is 41.3 Å². The summed E-state index contributed by atoms with van der Waals surface area (Å²) in [6.45, 7) is 2.02. The van der Waals surface area contributed by atoms with E-state index >= 15 is 0 Å². The Morgan fingerprint density at radius 1 is 0.941 bits per heavy atom. The molecular weight excluding hydrogens is 461 g/mol. The van der Waals surface area contributed by atoms with Crippen molar-refractivity contribution in [3.63, 3.8) is 0 Å². The topological polar surface area (TPSA) is 9.23 Å². The van der Waals surface area contributed by atoms with Gasteiger partial charge in [-0.25, -0.2) is 17.6 Å². The highest BCUT2D eigenvalue weighted by Gasteiger charge is 2.44. The Hall–Kier alpha value is -2.51. The van der Waals surface area contributed by atoms with E-state index in [1.54, 1.807) is 0 Å². The molecule has 0 aromatic heterocycles. The minimum atomic E-state index is -5.23. The van der Waals surface area contributed by atoms with Crippen LogP contribution in [0.4, 0.5) is 30.7 Å². The van der Waals surface area contributed by atoms with E-state index in [4.69, 9.17) is 0 Å². The Bertz CT molecular complexity index is 1050. The highest BCUT2D eigenvalue weighted by atomic mass is 19.4. The Morgan fingerprint density at radius 3 is 2.29 bits per heavy atom. The van der Waals surface area contributed by atoms with E-state index in [9.17, 15) is 30.7 Å². The number of ether oxygens (including phenoxy) is 1. The van der Waals surface area contributed by atoms with Crippen molar-refractivity contribution in [3.8, 4) is 5.75 Å². The maximum absolute atomic E-state index is 14.6. The molecule has 0 aliphatic heterocycles. The number of halogens is 7. The molecule has 2 aliphatic rings. The lowest BCUT2D eigenvalue weighted by molar-refractivity contribution is -0.276. The van der Waals surface area contributed by atoms with Crippen LogP contribution in [-0.4, -0.2) is 6.36 Å². The molecule has 4 rings (SSSR count). The lowest BCUT2D eigenvalue weighted by atomic mass is 9.58. The molecule has 34 heavy (non-hydrogen) atoms. The first-order valence-electron chi connectivity index (χ1n) is 11.5. The fourth-order valence-corrected chi connectivity index (χ4v) is 5.76. The quantitative estimate of drug-likeness (QED) is 0.305. The van der Waals surface area contributed by atoms with Gasteiger partial charge >= 0.3 is 6.36 Å². The molecule has 2 aromatic carbocycles. The third kappa shape index (κ3) is 4.96. The molecule has 0 bridgehead atoms. The second-order valence-electron chi connectivity index (χ2n) is 9.11. The molecule has 1 fully saturated rings. The second kappa shape index (κ2) is 9.62. The van der Waals surface area contributed by atoms with E-state index in [1.165, 1.54) is 6.07 Å². The predicted molar refractivity (Wildman–Crippen MR) is 113 cm³/mol. The summed E-state index contributed by atoms with van der Waals surface area (Å²) in [5.74, 6) is -6.54. The Kier molecular flexibility index (Phi) is 6.97. The van der Waals surface area contributed by atoms with Gasteiger partial charge in [-0.05, 0) is 90.7 Å². The van der Waals surface area contributed by atoms with Gasteiger partial charge in [0.25, 0.3) is 0 Å². The van der Waals surface area contributed by atoms with Gasteiger partial charge in [0.15, 0.2) is 11.6 Å². The molecular formula is C26H25F7O. The molecule has 0 heterocycles. The zero-order valence-electron chi connectivity index (χ0n) is 18.6. The van der Waals surface area contributed by atoms with Gasteiger partial charge in [0.05, 0.1) is 0 Å². The molecule has 0 radical (unpaired) electrons. The van der Waals surface area contributed by atoms with E-state index in [2.05, 4.69) is 4.74 Å². The van der Waals surface area contributed by atoms with Crippen LogP contribution in [0.25, 0.3) is 0 Å². The van der Waals surface area contributed by atoms with Crippen LogP contribution in [0.3, 0.4) is 0 Å². The molecule has 1 saturated carbocycles. The van der Waals surface area contributed by atoms with Crippen molar-refractivity contribution in [2.45, 2.75) is 63.6 Å². The maximum atomic E-state index is 14.6. The lowest BCUT2D eigenvalue weighted by Gasteiger charge is -2.46. The predicted octanol–water partition coefficient (Wildman–Crippen LogP) is 8.34. The van der Waals surface area contributed by atoms with Crippen molar-refractivity contribution in [3.05, 3.63) is 76.4 Å². The van der Waals surface area contributed by atoms with Crippen LogP contribution >= 0.6 is 0 Å². The van der Waals surface area contributed by atoms with Crippen molar-refractivity contribution in [2.75, 3.05) is 0 Å². The fourth-order valence-electron chi connectivity index (χ4n) is 5.76. The van der Waals surface area contributed by atoms with Crippen molar-refractivity contribution < 1.29 is 35.5 Å². The molecule has 4 atom stereocenters. The van der Waals surface area contributed by atoms with E-state index in [0.717, 1.165) is 31.0 Å². The summed E-state index contributed by atoms with van der Waals surface area (Å²) in [5.41, 5.74) is 1.27. The number of hydrogen-bond acceptors (Lipinski definition) is 1. The first kappa shape index (κ1) is 24.6. The van der Waals surface area contributed by atoms with Gasteiger partial charge in [-0.3, -0.25) is 0 Å². The summed E-state index contributed by atoms with van der Waals surface area (Å²) in [6, 6.07) is 4.00. The summed E-state index contributed by atoms with van der Waals surface area (Å²) >= 11 is 0. The van der Waals surface area contributed by atoms with Crippen molar-refractivity contribution in [1.82, 2.24) is 0 Å². The van der Waals surface area contributed by atoms with Gasteiger partial charge in [0.1, 0.15) is 11.6 Å². The third-order valence-electron chi connectivity index (χ3n) is 7.03. The number of benzene rings is 2. The Balaban J connectivity index is 1.76. The number of fused-ring (bicyclic) bond motifs is 3. The highest BCUT2D eigenvalue weighted by molar-refractivity contribution is 5.40. The minimum absolute atomic E-state index is 0.110. The van der Waals surface area contributed by atoms with Gasteiger partial charge in [-0.1, -0.05) is 25.5 Å². The average molecular weight is 486 g/mol. The normalized spacial score (nSPS) is 24.7. The molecule has 2 aromatic rings. The number of allylic oxidation sites excluding steroid dienone is 2. The van der Waals surface area contributed by atoms with E-state index in [-0.39, 0.29) is 23.3 Å². The van der Waals surface area contributed by atoms with Crippen LogP contribution in [0, 0.1) is 35.1 Å². The monoisotopic (exact) mass is 486 g/mol. The van der Waals surface area contributed by atoms with Crippen LogP contribution in [-0.2, 0) is 6.42 Å². The average Bonchev–Trinajstić information content (AvgIpc) is 2.75. The third-order valence-corrected chi connectivity index (χ3v) is 7.03. The molecule has 0 N–H and O–H groups in total. The van der Waals surface area contributed by atoms with Crippen molar-refractivity contribution >= 4 is 0 Å². The maximum Gasteiger partial charge on any atom is 0.573 e. The standard InChI is InChI=1S/C26H25F7O/c1-2-3-4-5-14-6-7-17-19(9-8-18-20(17)12-16(27)13-21(18)28)24(14)15-10-22(29)25(23(30)11-15)34-26(31,32)33/h4-5,10-14,17,19,24H,2-3,6-9H2,1H3/t14-,17-,19+,24-/m1/s1. The summed E-state index contributed by atoms with van der Waals surface area (Å²) in [4.78, 5) is 0. The molecule has 0 saturated heterocycles. The number of hydrogen-bond donors (Lipinski definition) is 0. The SMILES string of the molecule is CCCC=C[C@@H]1CC[C@H]2c3cc(F)cc(F)c3CC[C@@H]2[C@H]1c1cc(F)c(OC(F)(F)F)c(F)c1. The summed E-state index contributed by atoms with van der Waals surface area (Å²) in [6.07, 6.45) is 2.65. The summed E-state index contributed by atoms with van der Waals surface area (Å²) in [5, 5.41) is 0. The Labute approximate surface area is 193 Å². The largest absolute Gasteiger partial charge is 0.573 e. The molecule has 184 valence electrons. The minimum Gasteiger partial charge on any atom is -0.399 e. The Morgan fingerprint density at radius 2 is 1.65 bits per heavy atom. The zero-order chi connectivity index (χ0) is 24.6.